The average Bonchev–Trinajstić information content (AvgIpc) is 3.20. The van der Waals surface area contributed by atoms with Gasteiger partial charge in [0.25, 0.3) is 5.91 Å². The topological polar surface area (TPSA) is 114 Å². The Kier molecular flexibility index (Phi) is 7.25. The highest BCUT2D eigenvalue weighted by molar-refractivity contribution is 7.89. The van der Waals surface area contributed by atoms with Crippen LogP contribution < -0.4 is 24.4 Å². The molecule has 37 heavy (non-hydrogen) atoms. The number of carbonyl (C=O) groups excluding carboxylic acids is 2. The van der Waals surface area contributed by atoms with Crippen LogP contribution in [0.2, 0.25) is 0 Å². The van der Waals surface area contributed by atoms with Crippen LogP contribution >= 0.6 is 0 Å². The summed E-state index contributed by atoms with van der Waals surface area (Å²) in [5, 5.41) is 2.91. The highest BCUT2D eigenvalue weighted by Gasteiger charge is 2.32. The molecule has 3 heterocycles. The largest absolute Gasteiger partial charge is 0.486 e. The van der Waals surface area contributed by atoms with E-state index >= 15 is 0 Å². The van der Waals surface area contributed by atoms with Crippen LogP contribution in [0.1, 0.15) is 44.2 Å². The Morgan fingerprint density at radius 3 is 2.41 bits per heavy atom. The second-order valence-electron chi connectivity index (χ2n) is 9.41. The zero-order valence-corrected chi connectivity index (χ0v) is 21.6. The Morgan fingerprint density at radius 2 is 1.65 bits per heavy atom. The highest BCUT2D eigenvalue weighted by atomic mass is 32.2. The molecule has 3 aliphatic rings. The number of fused-ring (bicyclic) bond motifs is 2. The minimum absolute atomic E-state index is 0.0847. The minimum Gasteiger partial charge on any atom is -0.486 e. The lowest BCUT2D eigenvalue weighted by atomic mass is 10.1. The van der Waals surface area contributed by atoms with Crippen molar-refractivity contribution in [1.82, 2.24) is 9.62 Å². The van der Waals surface area contributed by atoms with Gasteiger partial charge in [-0.15, -0.1) is 0 Å². The number of hydrogen-bond donors (Lipinski definition) is 1. The number of ether oxygens (including phenoxy) is 3. The fourth-order valence-corrected chi connectivity index (χ4v) is 6.33. The molecular weight excluding hydrogens is 498 g/mol. The van der Waals surface area contributed by atoms with Gasteiger partial charge in [-0.1, -0.05) is 18.9 Å². The zero-order valence-electron chi connectivity index (χ0n) is 20.8. The SMILES string of the molecule is C[C@@H](NC(=O)CN1C(=O)COc2ccc(S(=O)(=O)N3CCCCCC3)cc21)c1ccc2c(c1)OCCO2. The van der Waals surface area contributed by atoms with Crippen LogP contribution in [0.4, 0.5) is 5.69 Å². The lowest BCUT2D eigenvalue weighted by molar-refractivity contribution is -0.125. The van der Waals surface area contributed by atoms with Gasteiger partial charge in [-0.25, -0.2) is 8.42 Å². The molecule has 1 fully saturated rings. The number of benzene rings is 2. The summed E-state index contributed by atoms with van der Waals surface area (Å²) in [6.07, 6.45) is 3.65. The average molecular weight is 530 g/mol. The van der Waals surface area contributed by atoms with Gasteiger partial charge in [0.2, 0.25) is 15.9 Å². The third-order valence-electron chi connectivity index (χ3n) is 6.82. The third kappa shape index (κ3) is 5.37. The molecule has 0 spiro atoms. The first-order chi connectivity index (χ1) is 17.8. The fourth-order valence-electron chi connectivity index (χ4n) is 4.79. The van der Waals surface area contributed by atoms with E-state index in [9.17, 15) is 18.0 Å². The van der Waals surface area contributed by atoms with Crippen LogP contribution in [0.3, 0.4) is 0 Å². The van der Waals surface area contributed by atoms with E-state index in [0.29, 0.717) is 43.6 Å². The Bertz CT molecular complexity index is 1290. The standard InChI is InChI=1S/C26H31N3O7S/c1-18(19-6-8-23-24(14-19)35-13-12-34-23)27-25(30)16-29-21-15-20(7-9-22(21)36-17-26(29)31)37(32,33)28-10-4-2-3-5-11-28/h6-9,14-15,18H,2-5,10-13,16-17H2,1H3,(H,27,30)/t18-/m1/s1. The van der Waals surface area contributed by atoms with Crippen molar-refractivity contribution in [3.05, 3.63) is 42.0 Å². The number of sulfonamides is 1. The Hall–Kier alpha value is -3.31. The summed E-state index contributed by atoms with van der Waals surface area (Å²) >= 11 is 0. The van der Waals surface area contributed by atoms with Crippen LogP contribution in [-0.2, 0) is 19.6 Å². The van der Waals surface area contributed by atoms with Gasteiger partial charge in [-0.2, -0.15) is 4.31 Å². The number of hydrogen-bond acceptors (Lipinski definition) is 7. The van der Waals surface area contributed by atoms with Gasteiger partial charge in [0, 0.05) is 13.1 Å². The van der Waals surface area contributed by atoms with Crippen molar-refractivity contribution in [2.45, 2.75) is 43.5 Å². The number of nitrogens with zero attached hydrogens (tertiary/aromatic N) is 2. The van der Waals surface area contributed by atoms with Crippen molar-refractivity contribution in [3.8, 4) is 17.2 Å². The predicted molar refractivity (Wildman–Crippen MR) is 136 cm³/mol. The number of carbonyl (C=O) groups is 2. The van der Waals surface area contributed by atoms with E-state index < -0.39 is 15.9 Å². The molecule has 2 aromatic carbocycles. The monoisotopic (exact) mass is 529 g/mol. The van der Waals surface area contributed by atoms with Crippen molar-refractivity contribution in [2.24, 2.45) is 0 Å². The molecule has 1 saturated heterocycles. The lowest BCUT2D eigenvalue weighted by Crippen LogP contribution is -2.45. The molecule has 2 amide bonds. The second kappa shape index (κ2) is 10.6. The number of nitrogens with one attached hydrogen (secondary N) is 1. The fraction of sp³-hybridized carbons (Fsp3) is 0.462. The van der Waals surface area contributed by atoms with Crippen molar-refractivity contribution >= 4 is 27.5 Å². The Labute approximate surface area is 216 Å². The normalized spacial score (nSPS) is 18.8. The first-order valence-electron chi connectivity index (χ1n) is 12.6. The molecule has 198 valence electrons. The maximum atomic E-state index is 13.3. The van der Waals surface area contributed by atoms with Crippen LogP contribution in [0.25, 0.3) is 0 Å². The van der Waals surface area contributed by atoms with E-state index in [2.05, 4.69) is 5.32 Å². The van der Waals surface area contributed by atoms with Crippen LogP contribution in [0.15, 0.2) is 41.3 Å². The molecular formula is C26H31N3O7S. The summed E-state index contributed by atoms with van der Waals surface area (Å²) in [6, 6.07) is 9.62. The molecule has 10 nitrogen and oxygen atoms in total. The van der Waals surface area contributed by atoms with Crippen LogP contribution in [0.5, 0.6) is 17.2 Å². The van der Waals surface area contributed by atoms with E-state index in [4.69, 9.17) is 14.2 Å². The first kappa shape index (κ1) is 25.3. The van der Waals surface area contributed by atoms with Crippen LogP contribution in [0, 0.1) is 0 Å². The van der Waals surface area contributed by atoms with Crippen molar-refractivity contribution in [1.29, 1.82) is 0 Å². The number of rotatable bonds is 6. The van der Waals surface area contributed by atoms with E-state index in [1.54, 1.807) is 12.1 Å². The molecule has 0 saturated carbocycles. The molecule has 11 heteroatoms. The van der Waals surface area contributed by atoms with Gasteiger partial charge in [0.1, 0.15) is 25.5 Å². The summed E-state index contributed by atoms with van der Waals surface area (Å²) in [5.41, 5.74) is 1.10. The molecule has 1 N–H and O–H groups in total. The van der Waals surface area contributed by atoms with Gasteiger partial charge < -0.3 is 19.5 Å². The van der Waals surface area contributed by atoms with Gasteiger partial charge >= 0.3 is 0 Å². The summed E-state index contributed by atoms with van der Waals surface area (Å²) in [6.45, 7) is 3.25. The lowest BCUT2D eigenvalue weighted by Gasteiger charge is -2.30. The van der Waals surface area contributed by atoms with Gasteiger partial charge in [-0.3, -0.25) is 14.5 Å². The van der Waals surface area contributed by atoms with Gasteiger partial charge in [0.15, 0.2) is 18.1 Å². The van der Waals surface area contributed by atoms with E-state index in [0.717, 1.165) is 31.2 Å². The molecule has 0 aromatic heterocycles. The molecule has 0 unspecified atom stereocenters. The highest BCUT2D eigenvalue weighted by Crippen LogP contribution is 2.36. The van der Waals surface area contributed by atoms with E-state index in [1.807, 2.05) is 19.1 Å². The first-order valence-corrected chi connectivity index (χ1v) is 14.0. The van der Waals surface area contributed by atoms with Crippen LogP contribution in [-0.4, -0.2) is 64.0 Å². The van der Waals surface area contributed by atoms with Gasteiger partial charge in [-0.05, 0) is 55.7 Å². The molecule has 1 atom stereocenters. The van der Waals surface area contributed by atoms with E-state index in [-0.39, 0.29) is 35.7 Å². The van der Waals surface area contributed by atoms with Crippen molar-refractivity contribution in [2.75, 3.05) is 44.4 Å². The third-order valence-corrected chi connectivity index (χ3v) is 8.72. The van der Waals surface area contributed by atoms with E-state index in [1.165, 1.54) is 21.3 Å². The van der Waals surface area contributed by atoms with Crippen molar-refractivity contribution < 1.29 is 32.2 Å². The Morgan fingerprint density at radius 1 is 0.946 bits per heavy atom. The molecule has 0 radical (unpaired) electrons. The number of amides is 2. The molecule has 2 aromatic rings. The Balaban J connectivity index is 1.33. The smallest absolute Gasteiger partial charge is 0.265 e. The minimum atomic E-state index is -3.73. The summed E-state index contributed by atoms with van der Waals surface area (Å²) < 4.78 is 44.8. The predicted octanol–water partition coefficient (Wildman–Crippen LogP) is 2.63. The summed E-state index contributed by atoms with van der Waals surface area (Å²) in [7, 11) is -3.73. The number of anilines is 1. The maximum Gasteiger partial charge on any atom is 0.265 e. The molecule has 0 bridgehead atoms. The summed E-state index contributed by atoms with van der Waals surface area (Å²) in [5.74, 6) is 0.848. The molecule has 3 aliphatic heterocycles. The second-order valence-corrected chi connectivity index (χ2v) is 11.3. The summed E-state index contributed by atoms with van der Waals surface area (Å²) in [4.78, 5) is 27.1. The van der Waals surface area contributed by atoms with Gasteiger partial charge in [0.05, 0.1) is 16.6 Å². The quantitative estimate of drug-likeness (QED) is 0.612. The van der Waals surface area contributed by atoms with Crippen molar-refractivity contribution in [3.63, 3.8) is 0 Å². The molecule has 0 aliphatic carbocycles. The zero-order chi connectivity index (χ0) is 26.0. The maximum absolute atomic E-state index is 13.3. The molecule has 5 rings (SSSR count).